The van der Waals surface area contributed by atoms with Gasteiger partial charge in [-0.3, -0.25) is 4.79 Å². The predicted octanol–water partition coefficient (Wildman–Crippen LogP) is 4.59. The first-order valence-corrected chi connectivity index (χ1v) is 12.5. The summed E-state index contributed by atoms with van der Waals surface area (Å²) in [5, 5.41) is 4.77. The molecule has 1 heterocycles. The first-order chi connectivity index (χ1) is 14.2. The molecule has 5 nitrogen and oxygen atoms in total. The van der Waals surface area contributed by atoms with Crippen molar-refractivity contribution in [3.63, 3.8) is 0 Å². The standard InChI is InChI=1S/C21H24F2N2O3S2/c1-12-11-29-21(24-12)25-20(26)17(8-13-9-18(22)19(23)10-13)14-2-4-15(5-3-14)30(27,28)16-6-7-16/h2-5,11,13,16-19H,6-10H2,1H3,(H,24,25,26)/t13-,17-,18+,19-/m1/s1. The summed E-state index contributed by atoms with van der Waals surface area (Å²) >= 11 is 1.31. The Morgan fingerprint density at radius 2 is 1.83 bits per heavy atom. The van der Waals surface area contributed by atoms with Gasteiger partial charge in [0.1, 0.15) is 12.3 Å². The molecule has 2 aliphatic carbocycles. The van der Waals surface area contributed by atoms with E-state index in [1.54, 1.807) is 12.1 Å². The zero-order valence-corrected chi connectivity index (χ0v) is 18.2. The summed E-state index contributed by atoms with van der Waals surface area (Å²) in [5.74, 6) is -1.20. The van der Waals surface area contributed by atoms with E-state index in [2.05, 4.69) is 10.3 Å². The van der Waals surface area contributed by atoms with Gasteiger partial charge in [-0.2, -0.15) is 0 Å². The fourth-order valence-electron chi connectivity index (χ4n) is 4.01. The summed E-state index contributed by atoms with van der Waals surface area (Å²) in [5.41, 5.74) is 1.42. The monoisotopic (exact) mass is 454 g/mol. The molecule has 0 bridgehead atoms. The van der Waals surface area contributed by atoms with Crippen LogP contribution in [0.5, 0.6) is 0 Å². The van der Waals surface area contributed by atoms with Crippen LogP contribution in [0.4, 0.5) is 13.9 Å². The molecule has 1 aromatic heterocycles. The fourth-order valence-corrected chi connectivity index (χ4v) is 6.36. The van der Waals surface area contributed by atoms with E-state index in [-0.39, 0.29) is 34.8 Å². The van der Waals surface area contributed by atoms with Gasteiger partial charge in [-0.25, -0.2) is 22.2 Å². The molecular weight excluding hydrogens is 430 g/mol. The van der Waals surface area contributed by atoms with Crippen LogP contribution >= 0.6 is 11.3 Å². The van der Waals surface area contributed by atoms with Gasteiger partial charge in [-0.1, -0.05) is 12.1 Å². The number of anilines is 1. The van der Waals surface area contributed by atoms with Crippen molar-refractivity contribution in [2.45, 2.75) is 67.4 Å². The number of alkyl halides is 2. The van der Waals surface area contributed by atoms with Crippen molar-refractivity contribution >= 4 is 32.2 Å². The maximum absolute atomic E-state index is 13.7. The number of aromatic nitrogens is 1. The average Bonchev–Trinajstić information content (AvgIpc) is 3.42. The summed E-state index contributed by atoms with van der Waals surface area (Å²) in [6, 6.07) is 6.34. The maximum atomic E-state index is 13.7. The third kappa shape index (κ3) is 4.56. The summed E-state index contributed by atoms with van der Waals surface area (Å²) in [6.07, 6.45) is -1.15. The molecule has 4 atom stereocenters. The number of carbonyl (C=O) groups excluding carboxylic acids is 1. The Morgan fingerprint density at radius 1 is 1.20 bits per heavy atom. The number of nitrogens with zero attached hydrogens (tertiary/aromatic N) is 1. The zero-order chi connectivity index (χ0) is 21.5. The smallest absolute Gasteiger partial charge is 0.233 e. The number of nitrogens with one attached hydrogen (secondary N) is 1. The lowest BCUT2D eigenvalue weighted by atomic mass is 9.87. The van der Waals surface area contributed by atoms with Gasteiger partial charge in [-0.05, 0) is 62.6 Å². The Bertz CT molecular complexity index is 1010. The lowest BCUT2D eigenvalue weighted by molar-refractivity contribution is -0.118. The SMILES string of the molecule is Cc1csc(NC(=O)[C@H](C[C@H]2C[C@@H](F)[C@@H](F)C2)c2ccc(S(=O)(=O)C3CC3)cc2)n1. The number of thiazole rings is 1. The number of hydrogen-bond acceptors (Lipinski definition) is 5. The van der Waals surface area contributed by atoms with Crippen LogP contribution < -0.4 is 5.32 Å². The minimum Gasteiger partial charge on any atom is -0.301 e. The molecule has 0 radical (unpaired) electrons. The van der Waals surface area contributed by atoms with Crippen LogP contribution in [0.15, 0.2) is 34.5 Å². The number of hydrogen-bond donors (Lipinski definition) is 1. The summed E-state index contributed by atoms with van der Waals surface area (Å²) in [4.78, 5) is 17.5. The van der Waals surface area contributed by atoms with E-state index < -0.39 is 28.1 Å². The molecule has 0 aliphatic heterocycles. The van der Waals surface area contributed by atoms with Gasteiger partial charge < -0.3 is 5.32 Å². The number of carbonyl (C=O) groups is 1. The van der Waals surface area contributed by atoms with Crippen molar-refractivity contribution < 1.29 is 22.0 Å². The normalized spacial score (nSPS) is 25.2. The number of rotatable bonds is 7. The zero-order valence-electron chi connectivity index (χ0n) is 16.6. The molecule has 2 fully saturated rings. The summed E-state index contributed by atoms with van der Waals surface area (Å²) in [7, 11) is -3.32. The Balaban J connectivity index is 1.56. The molecule has 1 amide bonds. The van der Waals surface area contributed by atoms with Gasteiger partial charge in [-0.15, -0.1) is 11.3 Å². The number of sulfone groups is 1. The van der Waals surface area contributed by atoms with Gasteiger partial charge in [0, 0.05) is 5.38 Å². The Kier molecular flexibility index (Phi) is 5.94. The van der Waals surface area contributed by atoms with Gasteiger partial charge >= 0.3 is 0 Å². The first-order valence-electron chi connectivity index (χ1n) is 10.1. The molecule has 0 spiro atoms. The molecular formula is C21H24F2N2O3S2. The molecule has 0 saturated heterocycles. The second kappa shape index (κ2) is 8.34. The third-order valence-electron chi connectivity index (χ3n) is 5.82. The van der Waals surface area contributed by atoms with E-state index in [0.717, 1.165) is 5.69 Å². The summed E-state index contributed by atoms with van der Waals surface area (Å²) < 4.78 is 52.2. The Morgan fingerprint density at radius 3 is 2.37 bits per heavy atom. The molecule has 0 unspecified atom stereocenters. The molecule has 9 heteroatoms. The van der Waals surface area contributed by atoms with E-state index in [9.17, 15) is 22.0 Å². The molecule has 162 valence electrons. The molecule has 2 saturated carbocycles. The number of halogens is 2. The summed E-state index contributed by atoms with van der Waals surface area (Å²) in [6.45, 7) is 1.82. The van der Waals surface area contributed by atoms with Crippen LogP contribution in [0.1, 0.15) is 49.3 Å². The van der Waals surface area contributed by atoms with Crippen LogP contribution in [0.2, 0.25) is 0 Å². The number of benzene rings is 1. The minimum atomic E-state index is -3.32. The molecule has 2 aromatic rings. The van der Waals surface area contributed by atoms with Crippen LogP contribution in [-0.2, 0) is 14.6 Å². The number of aryl methyl sites for hydroxylation is 1. The number of amides is 1. The van der Waals surface area contributed by atoms with Crippen LogP contribution in [0, 0.1) is 12.8 Å². The van der Waals surface area contributed by atoms with E-state index in [0.29, 0.717) is 30.0 Å². The first kappa shape index (κ1) is 21.4. The molecule has 1 aromatic carbocycles. The second-order valence-corrected chi connectivity index (χ2v) is 11.3. The highest BCUT2D eigenvalue weighted by molar-refractivity contribution is 7.92. The van der Waals surface area contributed by atoms with E-state index >= 15 is 0 Å². The van der Waals surface area contributed by atoms with Gasteiger partial charge in [0.15, 0.2) is 15.0 Å². The van der Waals surface area contributed by atoms with Crippen LogP contribution in [0.25, 0.3) is 0 Å². The highest BCUT2D eigenvalue weighted by Gasteiger charge is 2.38. The fraction of sp³-hybridized carbons (Fsp3) is 0.524. The van der Waals surface area contributed by atoms with Crippen molar-refractivity contribution in [3.05, 3.63) is 40.9 Å². The molecule has 2 aliphatic rings. The third-order valence-corrected chi connectivity index (χ3v) is 8.97. The average molecular weight is 455 g/mol. The topological polar surface area (TPSA) is 76.1 Å². The van der Waals surface area contributed by atoms with Crippen LogP contribution in [0.3, 0.4) is 0 Å². The van der Waals surface area contributed by atoms with E-state index in [1.807, 2.05) is 12.3 Å². The lowest BCUT2D eigenvalue weighted by Gasteiger charge is -2.20. The van der Waals surface area contributed by atoms with E-state index in [4.69, 9.17) is 0 Å². The van der Waals surface area contributed by atoms with Crippen molar-refractivity contribution in [2.75, 3.05) is 5.32 Å². The van der Waals surface area contributed by atoms with Crippen molar-refractivity contribution in [3.8, 4) is 0 Å². The van der Waals surface area contributed by atoms with Gasteiger partial charge in [0.25, 0.3) is 0 Å². The highest BCUT2D eigenvalue weighted by Crippen LogP contribution is 2.39. The maximum Gasteiger partial charge on any atom is 0.233 e. The van der Waals surface area contributed by atoms with Crippen molar-refractivity contribution in [1.82, 2.24) is 4.98 Å². The predicted molar refractivity (Wildman–Crippen MR) is 112 cm³/mol. The Hall–Kier alpha value is -1.87. The van der Waals surface area contributed by atoms with Crippen molar-refractivity contribution in [1.29, 1.82) is 0 Å². The quantitative estimate of drug-likeness (QED) is 0.664. The van der Waals surface area contributed by atoms with Gasteiger partial charge in [0.2, 0.25) is 5.91 Å². The molecule has 4 rings (SSSR count). The second-order valence-electron chi connectivity index (χ2n) is 8.25. The Labute approximate surface area is 178 Å². The van der Waals surface area contributed by atoms with E-state index in [1.165, 1.54) is 23.5 Å². The largest absolute Gasteiger partial charge is 0.301 e. The van der Waals surface area contributed by atoms with Crippen molar-refractivity contribution in [2.24, 2.45) is 5.92 Å². The van der Waals surface area contributed by atoms with Gasteiger partial charge in [0.05, 0.1) is 21.8 Å². The highest BCUT2D eigenvalue weighted by atomic mass is 32.2. The molecule has 1 N–H and O–H groups in total. The molecule has 30 heavy (non-hydrogen) atoms. The lowest BCUT2D eigenvalue weighted by Crippen LogP contribution is -2.23. The minimum absolute atomic E-state index is 0.0927. The van der Waals surface area contributed by atoms with Crippen LogP contribution in [-0.4, -0.2) is 36.9 Å².